The van der Waals surface area contributed by atoms with Crippen LogP contribution in [0, 0.1) is 0 Å². The van der Waals surface area contributed by atoms with Gasteiger partial charge in [0.1, 0.15) is 6.54 Å². The first-order valence-corrected chi connectivity index (χ1v) is 11.3. The number of hydrogen-bond acceptors (Lipinski definition) is 6. The van der Waals surface area contributed by atoms with E-state index in [4.69, 9.17) is 25.8 Å². The highest BCUT2D eigenvalue weighted by Gasteiger charge is 2.32. The van der Waals surface area contributed by atoms with Crippen molar-refractivity contribution in [2.24, 2.45) is 0 Å². The lowest BCUT2D eigenvalue weighted by atomic mass is 10.1. The zero-order valence-electron chi connectivity index (χ0n) is 20.1. The van der Waals surface area contributed by atoms with Gasteiger partial charge in [-0.3, -0.25) is 14.4 Å². The quantitative estimate of drug-likeness (QED) is 0.362. The lowest BCUT2D eigenvalue weighted by Crippen LogP contribution is -2.33. The number of methoxy groups -OCH3 is 2. The second-order valence-electron chi connectivity index (χ2n) is 7.71. The molecule has 0 aliphatic heterocycles. The Morgan fingerprint density at radius 3 is 2.24 bits per heavy atom. The maximum atomic E-state index is 13.1. The zero-order valence-corrected chi connectivity index (χ0v) is 20.9. The number of esters is 1. The SMILES string of the molecule is COc1ccc(C(=O)NCC(=O)O[C@H](C(=O)Nc2cc(C(F)(F)F)ccc2Cl)c2ccccc2)cc1OC. The summed E-state index contributed by atoms with van der Waals surface area (Å²) in [5.41, 5.74) is -0.923. The van der Waals surface area contributed by atoms with Crippen LogP contribution in [0.1, 0.15) is 27.6 Å². The molecule has 0 radical (unpaired) electrons. The Morgan fingerprint density at radius 2 is 1.61 bits per heavy atom. The van der Waals surface area contributed by atoms with E-state index in [1.54, 1.807) is 18.2 Å². The van der Waals surface area contributed by atoms with Crippen molar-refractivity contribution in [2.45, 2.75) is 12.3 Å². The molecule has 2 amide bonds. The first-order valence-electron chi connectivity index (χ1n) is 11.0. The van der Waals surface area contributed by atoms with Crippen LogP contribution in [-0.4, -0.2) is 38.5 Å². The fraction of sp³-hybridized carbons (Fsp3) is 0.192. The minimum Gasteiger partial charge on any atom is -0.493 e. The summed E-state index contributed by atoms with van der Waals surface area (Å²) in [5, 5.41) is 4.51. The molecule has 1 atom stereocenters. The maximum Gasteiger partial charge on any atom is 0.416 e. The topological polar surface area (TPSA) is 103 Å². The van der Waals surface area contributed by atoms with E-state index in [1.807, 2.05) is 0 Å². The molecule has 200 valence electrons. The maximum absolute atomic E-state index is 13.1. The predicted octanol–water partition coefficient (Wildman–Crippen LogP) is 5.03. The van der Waals surface area contributed by atoms with Gasteiger partial charge in [0.25, 0.3) is 11.8 Å². The number of carbonyl (C=O) groups excluding carboxylic acids is 3. The van der Waals surface area contributed by atoms with Crippen molar-refractivity contribution in [1.29, 1.82) is 0 Å². The molecule has 0 spiro atoms. The molecule has 0 aromatic heterocycles. The molecule has 0 saturated heterocycles. The number of rotatable bonds is 9. The molecule has 2 N–H and O–H groups in total. The molecule has 12 heteroatoms. The molecule has 0 saturated carbocycles. The molecule has 8 nitrogen and oxygen atoms in total. The van der Waals surface area contributed by atoms with Crippen LogP contribution in [0.5, 0.6) is 11.5 Å². The van der Waals surface area contributed by atoms with E-state index in [-0.39, 0.29) is 21.8 Å². The van der Waals surface area contributed by atoms with Gasteiger partial charge in [0, 0.05) is 11.1 Å². The van der Waals surface area contributed by atoms with Crippen LogP contribution < -0.4 is 20.1 Å². The van der Waals surface area contributed by atoms with Gasteiger partial charge in [-0.15, -0.1) is 0 Å². The number of carbonyl (C=O) groups is 3. The lowest BCUT2D eigenvalue weighted by Gasteiger charge is -2.19. The number of benzene rings is 3. The monoisotopic (exact) mass is 550 g/mol. The van der Waals surface area contributed by atoms with Gasteiger partial charge in [0.2, 0.25) is 6.10 Å². The molecule has 3 aromatic rings. The molecule has 0 aliphatic rings. The summed E-state index contributed by atoms with van der Waals surface area (Å²) in [7, 11) is 2.84. The standard InChI is InChI=1S/C26H22ClF3N2O6/c1-36-20-11-8-16(12-21(20)37-2)24(34)31-14-22(33)38-23(15-6-4-3-5-7-15)25(35)32-19-13-17(26(28,29)30)9-10-18(19)27/h3-13,23H,14H2,1-2H3,(H,31,34)(H,32,35)/t23-/m0/s1. The minimum absolute atomic E-state index is 0.147. The van der Waals surface area contributed by atoms with Crippen LogP contribution in [0.15, 0.2) is 66.7 Å². The molecular weight excluding hydrogens is 529 g/mol. The average molecular weight is 551 g/mol. The van der Waals surface area contributed by atoms with E-state index in [0.29, 0.717) is 17.6 Å². The van der Waals surface area contributed by atoms with Crippen molar-refractivity contribution in [3.8, 4) is 11.5 Å². The molecule has 0 fully saturated rings. The summed E-state index contributed by atoms with van der Waals surface area (Å²) < 4.78 is 54.9. The van der Waals surface area contributed by atoms with Crippen LogP contribution in [0.4, 0.5) is 18.9 Å². The second kappa shape index (κ2) is 12.3. The Labute approximate surface area is 220 Å². The van der Waals surface area contributed by atoms with Gasteiger partial charge in [-0.2, -0.15) is 13.2 Å². The fourth-order valence-electron chi connectivity index (χ4n) is 3.30. The van der Waals surface area contributed by atoms with Gasteiger partial charge in [-0.05, 0) is 36.4 Å². The van der Waals surface area contributed by atoms with E-state index < -0.39 is 42.2 Å². The molecule has 0 bridgehead atoms. The number of alkyl halides is 3. The van der Waals surface area contributed by atoms with Crippen LogP contribution in [-0.2, 0) is 20.5 Å². The highest BCUT2D eigenvalue weighted by atomic mass is 35.5. The number of nitrogens with one attached hydrogen (secondary N) is 2. The molecule has 0 heterocycles. The number of halogens is 4. The van der Waals surface area contributed by atoms with Crippen LogP contribution in [0.3, 0.4) is 0 Å². The Kier molecular flexibility index (Phi) is 9.19. The Morgan fingerprint density at radius 1 is 0.921 bits per heavy atom. The summed E-state index contributed by atoms with van der Waals surface area (Å²) in [4.78, 5) is 38.1. The fourth-order valence-corrected chi connectivity index (χ4v) is 3.47. The van der Waals surface area contributed by atoms with E-state index in [9.17, 15) is 27.6 Å². The number of amides is 2. The van der Waals surface area contributed by atoms with Crippen LogP contribution in [0.25, 0.3) is 0 Å². The third kappa shape index (κ3) is 7.16. The molecule has 38 heavy (non-hydrogen) atoms. The van der Waals surface area contributed by atoms with E-state index in [2.05, 4.69) is 10.6 Å². The zero-order chi connectivity index (χ0) is 27.9. The van der Waals surface area contributed by atoms with Crippen molar-refractivity contribution < 1.29 is 41.8 Å². The first kappa shape index (κ1) is 28.3. The number of hydrogen-bond donors (Lipinski definition) is 2. The summed E-state index contributed by atoms with van der Waals surface area (Å²) in [6, 6.07) is 14.6. The van der Waals surface area contributed by atoms with Gasteiger partial charge in [-0.1, -0.05) is 41.9 Å². The first-order chi connectivity index (χ1) is 18.0. The van der Waals surface area contributed by atoms with Crippen LogP contribution in [0.2, 0.25) is 5.02 Å². The largest absolute Gasteiger partial charge is 0.493 e. The van der Waals surface area contributed by atoms with Gasteiger partial charge < -0.3 is 24.8 Å². The van der Waals surface area contributed by atoms with Gasteiger partial charge >= 0.3 is 12.1 Å². The van der Waals surface area contributed by atoms with Gasteiger partial charge in [0.05, 0.1) is 30.5 Å². The van der Waals surface area contributed by atoms with E-state index >= 15 is 0 Å². The smallest absolute Gasteiger partial charge is 0.416 e. The second-order valence-corrected chi connectivity index (χ2v) is 8.12. The van der Waals surface area contributed by atoms with E-state index in [0.717, 1.165) is 12.1 Å². The average Bonchev–Trinajstić information content (AvgIpc) is 2.90. The summed E-state index contributed by atoms with van der Waals surface area (Å²) in [5.74, 6) is -1.84. The third-order valence-electron chi connectivity index (χ3n) is 5.18. The van der Waals surface area contributed by atoms with Crippen molar-refractivity contribution >= 4 is 35.1 Å². The lowest BCUT2D eigenvalue weighted by molar-refractivity contribution is -0.153. The Balaban J connectivity index is 1.73. The summed E-state index contributed by atoms with van der Waals surface area (Å²) in [6.45, 7) is -0.603. The molecule has 0 aliphatic carbocycles. The van der Waals surface area contributed by atoms with Crippen molar-refractivity contribution in [3.63, 3.8) is 0 Å². The summed E-state index contributed by atoms with van der Waals surface area (Å²) in [6.07, 6.45) is -6.21. The molecular formula is C26H22ClF3N2O6. The molecule has 0 unspecified atom stereocenters. The van der Waals surface area contributed by atoms with Gasteiger partial charge in [-0.25, -0.2) is 0 Å². The Hall–Kier alpha value is -4.25. The van der Waals surface area contributed by atoms with Gasteiger partial charge in [0.15, 0.2) is 11.5 Å². The van der Waals surface area contributed by atoms with Crippen LogP contribution >= 0.6 is 11.6 Å². The summed E-state index contributed by atoms with van der Waals surface area (Å²) >= 11 is 5.98. The van der Waals surface area contributed by atoms with Crippen molar-refractivity contribution in [2.75, 3.05) is 26.1 Å². The molecule has 3 rings (SSSR count). The number of anilines is 1. The van der Waals surface area contributed by atoms with E-state index in [1.165, 1.54) is 44.6 Å². The molecule has 3 aromatic carbocycles. The van der Waals surface area contributed by atoms with Crippen molar-refractivity contribution in [1.82, 2.24) is 5.32 Å². The highest BCUT2D eigenvalue weighted by molar-refractivity contribution is 6.33. The minimum atomic E-state index is -4.67. The predicted molar refractivity (Wildman–Crippen MR) is 132 cm³/mol. The highest BCUT2D eigenvalue weighted by Crippen LogP contribution is 2.34. The third-order valence-corrected chi connectivity index (χ3v) is 5.51. The van der Waals surface area contributed by atoms with Crippen molar-refractivity contribution in [3.05, 3.63) is 88.4 Å². The number of ether oxygens (including phenoxy) is 3. The Bertz CT molecular complexity index is 1320. The normalized spacial score (nSPS) is 11.7.